The quantitative estimate of drug-likeness (QED) is 0.783. The first-order valence-corrected chi connectivity index (χ1v) is 8.92. The number of carbonyl (C=O) groups is 2. The third kappa shape index (κ3) is 3.71. The molecule has 2 heterocycles. The number of hydrogen-bond donors (Lipinski definition) is 0. The molecule has 0 bridgehead atoms. The lowest BCUT2D eigenvalue weighted by Gasteiger charge is -2.35. The van der Waals surface area contributed by atoms with E-state index in [1.165, 1.54) is 11.3 Å². The zero-order valence-corrected chi connectivity index (χ0v) is 14.4. The molecule has 0 spiro atoms. The zero-order valence-electron chi connectivity index (χ0n) is 13.6. The van der Waals surface area contributed by atoms with E-state index in [0.717, 1.165) is 11.4 Å². The molecular weight excluding hydrogens is 324 g/mol. The highest BCUT2D eigenvalue weighted by Gasteiger charge is 2.31. The fraction of sp³-hybridized carbons (Fsp3) is 0.389. The minimum atomic E-state index is -0.230. The third-order valence-electron chi connectivity index (χ3n) is 4.07. The maximum atomic E-state index is 12.8. The maximum absolute atomic E-state index is 12.8. The van der Waals surface area contributed by atoms with Crippen molar-refractivity contribution in [3.05, 3.63) is 52.0 Å². The van der Waals surface area contributed by atoms with E-state index in [9.17, 15) is 9.59 Å². The number of benzene rings is 1. The summed E-state index contributed by atoms with van der Waals surface area (Å²) >= 11 is 1.42. The average molecular weight is 344 g/mol. The molecule has 3 rings (SSSR count). The van der Waals surface area contributed by atoms with Gasteiger partial charge in [-0.1, -0.05) is 37.3 Å². The van der Waals surface area contributed by atoms with Crippen LogP contribution in [0.25, 0.3) is 0 Å². The highest BCUT2D eigenvalue weighted by Crippen LogP contribution is 2.21. The summed E-state index contributed by atoms with van der Waals surface area (Å²) in [7, 11) is 0. The van der Waals surface area contributed by atoms with Crippen molar-refractivity contribution in [1.29, 1.82) is 0 Å². The summed E-state index contributed by atoms with van der Waals surface area (Å²) in [4.78, 5) is 31.9. The number of carbonyl (C=O) groups excluding carboxylic acids is 2. The standard InChI is InChI=1S/C18H20N2O3S/c1-2-17-19-11-16(24-17)18(22)20-8-9-23-12-14(20)10-15(21)13-6-4-3-5-7-13/h3-7,11,14H,2,8-10,12H2,1H3/t14-/m1/s1. The Morgan fingerprint density at radius 1 is 1.33 bits per heavy atom. The molecule has 0 N–H and O–H groups in total. The molecule has 0 unspecified atom stereocenters. The first-order chi connectivity index (χ1) is 11.7. The van der Waals surface area contributed by atoms with Gasteiger partial charge in [-0.2, -0.15) is 0 Å². The van der Waals surface area contributed by atoms with Crippen LogP contribution in [0.5, 0.6) is 0 Å². The number of rotatable bonds is 5. The van der Waals surface area contributed by atoms with E-state index in [-0.39, 0.29) is 24.2 Å². The van der Waals surface area contributed by atoms with Crippen LogP contribution >= 0.6 is 11.3 Å². The van der Waals surface area contributed by atoms with E-state index in [1.807, 2.05) is 25.1 Å². The number of ether oxygens (including phenoxy) is 1. The second-order valence-electron chi connectivity index (χ2n) is 5.69. The number of Topliss-reactive ketones (excluding diaryl/α,β-unsaturated/α-hetero) is 1. The Labute approximate surface area is 145 Å². The number of amides is 1. The van der Waals surface area contributed by atoms with Gasteiger partial charge in [0.2, 0.25) is 0 Å². The van der Waals surface area contributed by atoms with Gasteiger partial charge in [-0.15, -0.1) is 11.3 Å². The molecule has 0 saturated carbocycles. The largest absolute Gasteiger partial charge is 0.377 e. The van der Waals surface area contributed by atoms with Crippen LogP contribution in [0.1, 0.15) is 38.4 Å². The predicted octanol–water partition coefficient (Wildman–Crippen LogP) is 2.82. The van der Waals surface area contributed by atoms with E-state index < -0.39 is 0 Å². The van der Waals surface area contributed by atoms with Crippen molar-refractivity contribution in [2.45, 2.75) is 25.8 Å². The van der Waals surface area contributed by atoms with Crippen LogP contribution in [0.4, 0.5) is 0 Å². The molecule has 24 heavy (non-hydrogen) atoms. The van der Waals surface area contributed by atoms with Crippen LogP contribution in [0.2, 0.25) is 0 Å². The highest BCUT2D eigenvalue weighted by atomic mass is 32.1. The Hall–Kier alpha value is -2.05. The number of aromatic nitrogens is 1. The normalized spacial score (nSPS) is 17.7. The van der Waals surface area contributed by atoms with Gasteiger partial charge < -0.3 is 9.64 Å². The minimum absolute atomic E-state index is 0.0300. The minimum Gasteiger partial charge on any atom is -0.377 e. The van der Waals surface area contributed by atoms with Crippen LogP contribution in [-0.2, 0) is 11.2 Å². The lowest BCUT2D eigenvalue weighted by atomic mass is 10.0. The lowest BCUT2D eigenvalue weighted by molar-refractivity contribution is -0.00256. The molecule has 1 aliphatic heterocycles. The van der Waals surface area contributed by atoms with Gasteiger partial charge in [-0.3, -0.25) is 9.59 Å². The number of morpholine rings is 1. The van der Waals surface area contributed by atoms with Crippen LogP contribution < -0.4 is 0 Å². The maximum Gasteiger partial charge on any atom is 0.265 e. The molecule has 1 atom stereocenters. The third-order valence-corrected chi connectivity index (χ3v) is 5.20. The Kier molecular flexibility index (Phi) is 5.37. The van der Waals surface area contributed by atoms with Crippen LogP contribution in [0.15, 0.2) is 36.5 Å². The van der Waals surface area contributed by atoms with Gasteiger partial charge in [0.1, 0.15) is 4.88 Å². The average Bonchev–Trinajstić information content (AvgIpc) is 3.11. The molecule has 1 aromatic carbocycles. The molecule has 1 aliphatic rings. The van der Waals surface area contributed by atoms with Gasteiger partial charge >= 0.3 is 0 Å². The van der Waals surface area contributed by atoms with Crippen molar-refractivity contribution < 1.29 is 14.3 Å². The molecular formula is C18H20N2O3S. The number of aryl methyl sites for hydroxylation is 1. The second-order valence-corrected chi connectivity index (χ2v) is 6.81. The van der Waals surface area contributed by atoms with E-state index in [1.54, 1.807) is 23.2 Å². The van der Waals surface area contributed by atoms with Gasteiger partial charge in [-0.05, 0) is 6.42 Å². The van der Waals surface area contributed by atoms with E-state index in [4.69, 9.17) is 4.74 Å². The molecule has 1 fully saturated rings. The molecule has 2 aromatic rings. The summed E-state index contributed by atoms with van der Waals surface area (Å²) in [6.45, 7) is 3.42. The molecule has 126 valence electrons. The van der Waals surface area contributed by atoms with Crippen molar-refractivity contribution >= 4 is 23.0 Å². The van der Waals surface area contributed by atoms with E-state index >= 15 is 0 Å². The first-order valence-electron chi connectivity index (χ1n) is 8.10. The summed E-state index contributed by atoms with van der Waals surface area (Å²) in [6.07, 6.45) is 2.73. The van der Waals surface area contributed by atoms with Gasteiger partial charge in [0, 0.05) is 18.5 Å². The molecule has 5 nitrogen and oxygen atoms in total. The van der Waals surface area contributed by atoms with E-state index in [0.29, 0.717) is 30.2 Å². The Balaban J connectivity index is 1.73. The number of ketones is 1. The topological polar surface area (TPSA) is 59.5 Å². The first kappa shape index (κ1) is 16.8. The van der Waals surface area contributed by atoms with Crippen LogP contribution in [-0.4, -0.2) is 47.4 Å². The molecule has 1 aromatic heterocycles. The summed E-state index contributed by atoms with van der Waals surface area (Å²) in [5.74, 6) is -0.0242. The fourth-order valence-electron chi connectivity index (χ4n) is 2.76. The monoisotopic (exact) mass is 344 g/mol. The molecule has 6 heteroatoms. The van der Waals surface area contributed by atoms with Gasteiger partial charge in [0.05, 0.1) is 30.5 Å². The number of thiazole rings is 1. The Bertz CT molecular complexity index is 714. The van der Waals surface area contributed by atoms with Crippen LogP contribution in [0.3, 0.4) is 0 Å². The van der Waals surface area contributed by atoms with Crippen LogP contribution in [0, 0.1) is 0 Å². The van der Waals surface area contributed by atoms with Crippen molar-refractivity contribution in [3.63, 3.8) is 0 Å². The summed E-state index contributed by atoms with van der Waals surface area (Å²) < 4.78 is 5.50. The second kappa shape index (κ2) is 7.68. The Morgan fingerprint density at radius 3 is 2.83 bits per heavy atom. The van der Waals surface area contributed by atoms with Crippen molar-refractivity contribution in [2.24, 2.45) is 0 Å². The zero-order chi connectivity index (χ0) is 16.9. The number of nitrogens with zero attached hydrogens (tertiary/aromatic N) is 2. The fourth-order valence-corrected chi connectivity index (χ4v) is 3.57. The predicted molar refractivity (Wildman–Crippen MR) is 92.5 cm³/mol. The smallest absolute Gasteiger partial charge is 0.265 e. The highest BCUT2D eigenvalue weighted by molar-refractivity contribution is 7.13. The molecule has 0 aliphatic carbocycles. The molecule has 0 radical (unpaired) electrons. The van der Waals surface area contributed by atoms with Gasteiger partial charge in [0.15, 0.2) is 5.78 Å². The summed E-state index contributed by atoms with van der Waals surface area (Å²) in [5, 5.41) is 0.948. The van der Waals surface area contributed by atoms with Gasteiger partial charge in [0.25, 0.3) is 5.91 Å². The van der Waals surface area contributed by atoms with Crippen molar-refractivity contribution in [2.75, 3.05) is 19.8 Å². The number of hydrogen-bond acceptors (Lipinski definition) is 5. The SMILES string of the molecule is CCc1ncc(C(=O)N2CCOC[C@H]2CC(=O)c2ccccc2)s1. The van der Waals surface area contributed by atoms with Crippen molar-refractivity contribution in [3.8, 4) is 0 Å². The Morgan fingerprint density at radius 2 is 2.12 bits per heavy atom. The van der Waals surface area contributed by atoms with E-state index in [2.05, 4.69) is 4.98 Å². The summed E-state index contributed by atoms with van der Waals surface area (Å²) in [5.41, 5.74) is 0.668. The van der Waals surface area contributed by atoms with Gasteiger partial charge in [-0.25, -0.2) is 4.98 Å². The summed E-state index contributed by atoms with van der Waals surface area (Å²) in [6, 6.07) is 8.94. The molecule has 1 amide bonds. The lowest BCUT2D eigenvalue weighted by Crippen LogP contribution is -2.49. The molecule has 1 saturated heterocycles. The van der Waals surface area contributed by atoms with Crippen molar-refractivity contribution in [1.82, 2.24) is 9.88 Å².